The fourth-order valence-corrected chi connectivity index (χ4v) is 2.93. The molecule has 0 spiro atoms. The molecule has 0 saturated heterocycles. The molecule has 1 N–H and O–H groups in total. The zero-order chi connectivity index (χ0) is 15.4. The smallest absolute Gasteiger partial charge is 0.210 e. The summed E-state index contributed by atoms with van der Waals surface area (Å²) < 4.78 is 1.96. The standard InChI is InChI=1S/C17H15N3OS/c1-20-16(14-8-5-9-15(21)10-14)12-22-17(20)19-18-11-13-6-3-2-4-7-13/h2-12,21H,1H3. The molecule has 22 heavy (non-hydrogen) atoms. The van der Waals surface area contributed by atoms with E-state index in [2.05, 4.69) is 10.2 Å². The topological polar surface area (TPSA) is 49.9 Å². The second-order valence-electron chi connectivity index (χ2n) is 4.77. The van der Waals surface area contributed by atoms with Gasteiger partial charge in [-0.05, 0) is 17.7 Å². The first-order valence-electron chi connectivity index (χ1n) is 6.80. The summed E-state index contributed by atoms with van der Waals surface area (Å²) >= 11 is 1.51. The summed E-state index contributed by atoms with van der Waals surface area (Å²) in [6.45, 7) is 0. The summed E-state index contributed by atoms with van der Waals surface area (Å²) in [4.78, 5) is 0.797. The van der Waals surface area contributed by atoms with Crippen LogP contribution < -0.4 is 4.80 Å². The van der Waals surface area contributed by atoms with E-state index in [1.165, 1.54) is 11.3 Å². The van der Waals surface area contributed by atoms with Crippen molar-refractivity contribution in [3.8, 4) is 17.0 Å². The maximum atomic E-state index is 9.59. The lowest BCUT2D eigenvalue weighted by atomic mass is 10.1. The van der Waals surface area contributed by atoms with Gasteiger partial charge in [0.05, 0.1) is 11.9 Å². The molecule has 1 heterocycles. The summed E-state index contributed by atoms with van der Waals surface area (Å²) in [5.41, 5.74) is 2.96. The summed E-state index contributed by atoms with van der Waals surface area (Å²) in [7, 11) is 1.94. The van der Waals surface area contributed by atoms with Gasteiger partial charge in [0.15, 0.2) is 0 Å². The third-order valence-corrected chi connectivity index (χ3v) is 4.12. The van der Waals surface area contributed by atoms with Crippen LogP contribution in [0.5, 0.6) is 5.75 Å². The average molecular weight is 309 g/mol. The van der Waals surface area contributed by atoms with Gasteiger partial charge in [-0.1, -0.05) is 42.5 Å². The molecule has 0 amide bonds. The Bertz CT molecular complexity index is 863. The second kappa shape index (κ2) is 6.41. The van der Waals surface area contributed by atoms with Crippen LogP contribution in [-0.4, -0.2) is 15.9 Å². The Hall–Kier alpha value is -2.66. The number of nitrogens with zero attached hydrogens (tertiary/aromatic N) is 3. The van der Waals surface area contributed by atoms with E-state index in [0.717, 1.165) is 21.6 Å². The second-order valence-corrected chi connectivity index (χ2v) is 5.60. The molecule has 0 fully saturated rings. The zero-order valence-corrected chi connectivity index (χ0v) is 12.9. The number of aromatic nitrogens is 1. The van der Waals surface area contributed by atoms with Gasteiger partial charge in [-0.3, -0.25) is 0 Å². The van der Waals surface area contributed by atoms with Crippen molar-refractivity contribution >= 4 is 17.6 Å². The lowest BCUT2D eigenvalue weighted by molar-refractivity contribution is 0.475. The first-order chi connectivity index (χ1) is 10.7. The minimum atomic E-state index is 0.254. The van der Waals surface area contributed by atoms with Crippen LogP contribution in [0.4, 0.5) is 0 Å². The molecule has 4 nitrogen and oxygen atoms in total. The molecule has 0 aliphatic rings. The molecule has 0 bridgehead atoms. The lowest BCUT2D eigenvalue weighted by Crippen LogP contribution is -2.10. The van der Waals surface area contributed by atoms with Crippen molar-refractivity contribution in [3.05, 3.63) is 70.3 Å². The van der Waals surface area contributed by atoms with E-state index in [1.54, 1.807) is 18.3 Å². The summed E-state index contributed by atoms with van der Waals surface area (Å²) in [6, 6.07) is 17.0. The third kappa shape index (κ3) is 3.15. The van der Waals surface area contributed by atoms with Crippen molar-refractivity contribution in [1.82, 2.24) is 4.57 Å². The number of phenols is 1. The van der Waals surface area contributed by atoms with Crippen molar-refractivity contribution in [2.75, 3.05) is 0 Å². The Kier molecular flexibility index (Phi) is 4.16. The quantitative estimate of drug-likeness (QED) is 0.585. The van der Waals surface area contributed by atoms with E-state index < -0.39 is 0 Å². The molecule has 110 valence electrons. The molecular weight excluding hydrogens is 294 g/mol. The van der Waals surface area contributed by atoms with Crippen LogP contribution in [0.2, 0.25) is 0 Å². The fourth-order valence-electron chi connectivity index (χ4n) is 2.07. The van der Waals surface area contributed by atoms with Crippen LogP contribution in [0.15, 0.2) is 70.2 Å². The number of rotatable bonds is 3. The average Bonchev–Trinajstić information content (AvgIpc) is 2.90. The number of hydrogen-bond acceptors (Lipinski definition) is 4. The van der Waals surface area contributed by atoms with Gasteiger partial charge < -0.3 is 9.67 Å². The van der Waals surface area contributed by atoms with Crippen LogP contribution >= 0.6 is 11.3 Å². The van der Waals surface area contributed by atoms with Crippen LogP contribution in [0.1, 0.15) is 5.56 Å². The van der Waals surface area contributed by atoms with Gasteiger partial charge in [0.25, 0.3) is 0 Å². The number of benzene rings is 2. The van der Waals surface area contributed by atoms with Gasteiger partial charge in [0, 0.05) is 18.0 Å². The Morgan fingerprint density at radius 2 is 1.91 bits per heavy atom. The number of thiazole rings is 1. The van der Waals surface area contributed by atoms with E-state index in [1.807, 2.05) is 59.5 Å². The monoisotopic (exact) mass is 309 g/mol. The first-order valence-corrected chi connectivity index (χ1v) is 7.68. The molecule has 0 unspecified atom stereocenters. The minimum Gasteiger partial charge on any atom is -0.508 e. The molecule has 3 aromatic rings. The van der Waals surface area contributed by atoms with Crippen molar-refractivity contribution in [2.24, 2.45) is 17.3 Å². The normalized spacial score (nSPS) is 12.1. The van der Waals surface area contributed by atoms with Crippen LogP contribution in [0, 0.1) is 0 Å². The zero-order valence-electron chi connectivity index (χ0n) is 12.0. The van der Waals surface area contributed by atoms with E-state index in [-0.39, 0.29) is 5.75 Å². The van der Waals surface area contributed by atoms with Gasteiger partial charge in [-0.15, -0.1) is 16.4 Å². The predicted octanol–water partition coefficient (Wildman–Crippen LogP) is 3.39. The third-order valence-electron chi connectivity index (χ3n) is 3.22. The van der Waals surface area contributed by atoms with E-state index >= 15 is 0 Å². The van der Waals surface area contributed by atoms with Crippen molar-refractivity contribution in [1.29, 1.82) is 0 Å². The molecule has 0 aliphatic heterocycles. The lowest BCUT2D eigenvalue weighted by Gasteiger charge is -2.02. The fraction of sp³-hybridized carbons (Fsp3) is 0.0588. The molecule has 0 atom stereocenters. The van der Waals surface area contributed by atoms with E-state index in [4.69, 9.17) is 0 Å². The van der Waals surface area contributed by atoms with Gasteiger partial charge in [-0.2, -0.15) is 5.10 Å². The maximum Gasteiger partial charge on any atom is 0.210 e. The van der Waals surface area contributed by atoms with Gasteiger partial charge in [-0.25, -0.2) is 0 Å². The Balaban J connectivity index is 1.90. The van der Waals surface area contributed by atoms with Crippen molar-refractivity contribution < 1.29 is 5.11 Å². The minimum absolute atomic E-state index is 0.254. The Morgan fingerprint density at radius 3 is 2.68 bits per heavy atom. The molecule has 5 heteroatoms. The van der Waals surface area contributed by atoms with Crippen molar-refractivity contribution in [3.63, 3.8) is 0 Å². The summed E-state index contributed by atoms with van der Waals surface area (Å²) in [5.74, 6) is 0.254. The molecule has 3 rings (SSSR count). The molecule has 0 aliphatic carbocycles. The van der Waals surface area contributed by atoms with E-state index in [9.17, 15) is 5.11 Å². The van der Waals surface area contributed by atoms with Gasteiger partial charge in [0.2, 0.25) is 4.80 Å². The molecular formula is C17H15N3OS. The summed E-state index contributed by atoms with van der Waals surface area (Å²) in [6.07, 6.45) is 1.73. The summed E-state index contributed by atoms with van der Waals surface area (Å²) in [5, 5.41) is 20.0. The highest BCUT2D eigenvalue weighted by atomic mass is 32.1. The highest BCUT2D eigenvalue weighted by molar-refractivity contribution is 7.07. The highest BCUT2D eigenvalue weighted by Gasteiger charge is 2.04. The van der Waals surface area contributed by atoms with Crippen molar-refractivity contribution in [2.45, 2.75) is 0 Å². The molecule has 1 aromatic heterocycles. The first kappa shape index (κ1) is 14.3. The molecule has 0 saturated carbocycles. The molecule has 2 aromatic carbocycles. The van der Waals surface area contributed by atoms with Gasteiger partial charge >= 0.3 is 0 Å². The molecule has 0 radical (unpaired) electrons. The van der Waals surface area contributed by atoms with Crippen LogP contribution in [0.3, 0.4) is 0 Å². The number of phenolic OH excluding ortho intramolecular Hbond substituents is 1. The van der Waals surface area contributed by atoms with Crippen LogP contribution in [0.25, 0.3) is 11.3 Å². The largest absolute Gasteiger partial charge is 0.508 e. The highest BCUT2D eigenvalue weighted by Crippen LogP contribution is 2.22. The SMILES string of the molecule is Cn1c(-c2cccc(O)c2)csc1=NN=Cc1ccccc1. The maximum absolute atomic E-state index is 9.59. The predicted molar refractivity (Wildman–Crippen MR) is 90.0 cm³/mol. The Morgan fingerprint density at radius 1 is 1.09 bits per heavy atom. The Labute approximate surface area is 132 Å². The van der Waals surface area contributed by atoms with E-state index in [0.29, 0.717) is 0 Å². The van der Waals surface area contributed by atoms with Gasteiger partial charge in [0.1, 0.15) is 5.75 Å². The number of hydrogen-bond donors (Lipinski definition) is 1. The number of aromatic hydroxyl groups is 1. The van der Waals surface area contributed by atoms with Crippen LogP contribution in [-0.2, 0) is 7.05 Å².